The number of anilines is 1. The minimum atomic E-state index is -1.52. The molecule has 0 saturated carbocycles. The second-order valence-electron chi connectivity index (χ2n) is 5.34. The molecule has 1 aromatic carbocycles. The molecule has 0 fully saturated rings. The van der Waals surface area contributed by atoms with E-state index in [4.69, 9.17) is 9.84 Å². The van der Waals surface area contributed by atoms with E-state index in [9.17, 15) is 14.7 Å². The molecule has 110 valence electrons. The van der Waals surface area contributed by atoms with Crippen molar-refractivity contribution in [1.82, 2.24) is 0 Å². The van der Waals surface area contributed by atoms with Crippen LogP contribution < -0.4 is 5.32 Å². The Balaban J connectivity index is 2.80. The van der Waals surface area contributed by atoms with Gasteiger partial charge in [0.05, 0.1) is 0 Å². The fourth-order valence-corrected chi connectivity index (χ4v) is 1.53. The number of carboxylic acid groups (broad SMARTS) is 1. The lowest BCUT2D eigenvalue weighted by Gasteiger charge is -2.20. The van der Waals surface area contributed by atoms with Crippen molar-refractivity contribution in [2.75, 3.05) is 5.32 Å². The largest absolute Gasteiger partial charge is 0.479 e. The number of aliphatic hydroxyl groups excluding tert-OH is 1. The van der Waals surface area contributed by atoms with Crippen molar-refractivity contribution in [2.45, 2.75) is 38.9 Å². The SMILES string of the molecule is CC(C)(C)OC(=O)Nc1ccccc1CC(O)C(=O)O. The number of carbonyl (C=O) groups is 2. The molecule has 1 rings (SSSR count). The Morgan fingerprint density at radius 3 is 2.45 bits per heavy atom. The number of carbonyl (C=O) groups excluding carboxylic acids is 1. The van der Waals surface area contributed by atoms with Gasteiger partial charge in [0, 0.05) is 12.1 Å². The van der Waals surface area contributed by atoms with Crippen LogP contribution in [-0.2, 0) is 16.0 Å². The molecule has 0 aliphatic heterocycles. The molecule has 1 aromatic rings. The van der Waals surface area contributed by atoms with Crippen LogP contribution in [0.25, 0.3) is 0 Å². The van der Waals surface area contributed by atoms with Gasteiger partial charge in [-0.1, -0.05) is 18.2 Å². The van der Waals surface area contributed by atoms with Crippen molar-refractivity contribution in [3.05, 3.63) is 29.8 Å². The predicted octanol–water partition coefficient (Wildman–Crippen LogP) is 2.02. The van der Waals surface area contributed by atoms with Crippen molar-refractivity contribution in [3.63, 3.8) is 0 Å². The summed E-state index contributed by atoms with van der Waals surface area (Å²) in [7, 11) is 0. The van der Waals surface area contributed by atoms with E-state index in [0.717, 1.165) is 0 Å². The van der Waals surface area contributed by atoms with Gasteiger partial charge in [-0.15, -0.1) is 0 Å². The number of rotatable bonds is 4. The van der Waals surface area contributed by atoms with E-state index in [0.29, 0.717) is 11.3 Å². The van der Waals surface area contributed by atoms with Crippen LogP contribution in [0.3, 0.4) is 0 Å². The van der Waals surface area contributed by atoms with Crippen LogP contribution in [0.15, 0.2) is 24.3 Å². The molecule has 3 N–H and O–H groups in total. The smallest absolute Gasteiger partial charge is 0.412 e. The summed E-state index contributed by atoms with van der Waals surface area (Å²) in [5.74, 6) is -1.31. The highest BCUT2D eigenvalue weighted by atomic mass is 16.6. The van der Waals surface area contributed by atoms with E-state index >= 15 is 0 Å². The number of ether oxygens (including phenoxy) is 1. The monoisotopic (exact) mass is 281 g/mol. The van der Waals surface area contributed by atoms with E-state index in [1.54, 1.807) is 45.0 Å². The first-order valence-corrected chi connectivity index (χ1v) is 6.18. The third-order valence-electron chi connectivity index (χ3n) is 2.35. The van der Waals surface area contributed by atoms with Crippen LogP contribution in [0, 0.1) is 0 Å². The summed E-state index contributed by atoms with van der Waals surface area (Å²) in [5, 5.41) is 20.6. The molecule has 1 unspecified atom stereocenters. The van der Waals surface area contributed by atoms with Crippen LogP contribution in [0.4, 0.5) is 10.5 Å². The van der Waals surface area contributed by atoms with Crippen LogP contribution in [0.5, 0.6) is 0 Å². The van der Waals surface area contributed by atoms with E-state index in [2.05, 4.69) is 5.32 Å². The van der Waals surface area contributed by atoms with E-state index in [1.165, 1.54) is 0 Å². The van der Waals surface area contributed by atoms with Gasteiger partial charge in [0.15, 0.2) is 6.10 Å². The Kier molecular flexibility index (Phi) is 5.10. The molecule has 1 amide bonds. The molecule has 0 heterocycles. The van der Waals surface area contributed by atoms with Gasteiger partial charge >= 0.3 is 12.1 Å². The minimum Gasteiger partial charge on any atom is -0.479 e. The average molecular weight is 281 g/mol. The highest BCUT2D eigenvalue weighted by Crippen LogP contribution is 2.18. The number of aliphatic hydroxyl groups is 1. The van der Waals surface area contributed by atoms with Crippen molar-refractivity contribution in [2.24, 2.45) is 0 Å². The Hall–Kier alpha value is -2.08. The van der Waals surface area contributed by atoms with Crippen molar-refractivity contribution in [3.8, 4) is 0 Å². The molecule has 6 heteroatoms. The number of amides is 1. The van der Waals surface area contributed by atoms with Gasteiger partial charge in [-0.25, -0.2) is 9.59 Å². The highest BCUT2D eigenvalue weighted by molar-refractivity contribution is 5.86. The number of hydrogen-bond acceptors (Lipinski definition) is 4. The van der Waals surface area contributed by atoms with Gasteiger partial charge < -0.3 is 14.9 Å². The molecule has 0 saturated heterocycles. The molecule has 0 spiro atoms. The Bertz CT molecular complexity index is 493. The summed E-state index contributed by atoms with van der Waals surface area (Å²) in [4.78, 5) is 22.4. The number of hydrogen-bond donors (Lipinski definition) is 3. The Morgan fingerprint density at radius 2 is 1.90 bits per heavy atom. The zero-order valence-corrected chi connectivity index (χ0v) is 11.7. The topological polar surface area (TPSA) is 95.9 Å². The lowest BCUT2D eigenvalue weighted by Crippen LogP contribution is -2.28. The summed E-state index contributed by atoms with van der Waals surface area (Å²) in [6.45, 7) is 5.23. The first-order chi connectivity index (χ1) is 9.19. The molecule has 0 radical (unpaired) electrons. The second-order valence-corrected chi connectivity index (χ2v) is 5.34. The zero-order chi connectivity index (χ0) is 15.3. The third kappa shape index (κ3) is 5.27. The van der Waals surface area contributed by atoms with E-state index in [1.807, 2.05) is 0 Å². The molecule has 0 bridgehead atoms. The highest BCUT2D eigenvalue weighted by Gasteiger charge is 2.19. The molecule has 0 aliphatic carbocycles. The fourth-order valence-electron chi connectivity index (χ4n) is 1.53. The maximum Gasteiger partial charge on any atom is 0.412 e. The van der Waals surface area contributed by atoms with Crippen LogP contribution >= 0.6 is 0 Å². The zero-order valence-electron chi connectivity index (χ0n) is 11.7. The van der Waals surface area contributed by atoms with Crippen LogP contribution in [-0.4, -0.2) is 34.0 Å². The number of aliphatic carboxylic acids is 1. The molecule has 20 heavy (non-hydrogen) atoms. The summed E-state index contributed by atoms with van der Waals surface area (Å²) in [6, 6.07) is 6.65. The number of para-hydroxylation sites is 1. The molecule has 6 nitrogen and oxygen atoms in total. The van der Waals surface area contributed by atoms with Gasteiger partial charge in [-0.2, -0.15) is 0 Å². The van der Waals surface area contributed by atoms with Gasteiger partial charge in [0.2, 0.25) is 0 Å². The summed E-state index contributed by atoms with van der Waals surface area (Å²) in [5.41, 5.74) is 0.315. The predicted molar refractivity (Wildman–Crippen MR) is 73.6 cm³/mol. The maximum absolute atomic E-state index is 11.7. The van der Waals surface area contributed by atoms with Gasteiger partial charge in [0.25, 0.3) is 0 Å². The lowest BCUT2D eigenvalue weighted by atomic mass is 10.1. The Morgan fingerprint density at radius 1 is 1.30 bits per heavy atom. The standard InChI is InChI=1S/C14H19NO5/c1-14(2,3)20-13(19)15-10-7-5-4-6-9(10)8-11(16)12(17)18/h4-7,11,16H,8H2,1-3H3,(H,15,19)(H,17,18). The number of carboxylic acids is 1. The summed E-state index contributed by atoms with van der Waals surface area (Å²) < 4.78 is 5.12. The first kappa shape index (κ1) is 16.0. The molecule has 0 aromatic heterocycles. The van der Waals surface area contributed by atoms with Gasteiger partial charge in [-0.05, 0) is 32.4 Å². The van der Waals surface area contributed by atoms with Crippen LogP contribution in [0.2, 0.25) is 0 Å². The molecule has 1 atom stereocenters. The van der Waals surface area contributed by atoms with Crippen molar-refractivity contribution >= 4 is 17.7 Å². The molecule has 0 aliphatic rings. The molecular weight excluding hydrogens is 262 g/mol. The number of nitrogens with one attached hydrogen (secondary N) is 1. The Labute approximate surface area is 117 Å². The number of benzene rings is 1. The second kappa shape index (κ2) is 6.38. The lowest BCUT2D eigenvalue weighted by molar-refractivity contribution is -0.146. The summed E-state index contributed by atoms with van der Waals surface area (Å²) >= 11 is 0. The van der Waals surface area contributed by atoms with E-state index < -0.39 is 23.8 Å². The quantitative estimate of drug-likeness (QED) is 0.784. The maximum atomic E-state index is 11.7. The minimum absolute atomic E-state index is 0.0959. The average Bonchev–Trinajstić information content (AvgIpc) is 2.28. The summed E-state index contributed by atoms with van der Waals surface area (Å²) in [6.07, 6.45) is -2.24. The van der Waals surface area contributed by atoms with Gasteiger partial charge in [-0.3, -0.25) is 5.32 Å². The van der Waals surface area contributed by atoms with E-state index in [-0.39, 0.29) is 6.42 Å². The fraction of sp³-hybridized carbons (Fsp3) is 0.429. The molecular formula is C14H19NO5. The van der Waals surface area contributed by atoms with Crippen molar-refractivity contribution in [1.29, 1.82) is 0 Å². The van der Waals surface area contributed by atoms with Crippen molar-refractivity contribution < 1.29 is 24.5 Å². The normalized spacial score (nSPS) is 12.6. The van der Waals surface area contributed by atoms with Crippen LogP contribution in [0.1, 0.15) is 26.3 Å². The third-order valence-corrected chi connectivity index (χ3v) is 2.35. The van der Waals surface area contributed by atoms with Gasteiger partial charge in [0.1, 0.15) is 5.60 Å². The first-order valence-electron chi connectivity index (χ1n) is 6.18.